The van der Waals surface area contributed by atoms with Crippen LogP contribution in [0.5, 0.6) is 0 Å². The lowest BCUT2D eigenvalue weighted by atomic mass is 9.83. The highest BCUT2D eigenvalue weighted by atomic mass is 32.2. The van der Waals surface area contributed by atoms with Crippen LogP contribution in [-0.4, -0.2) is 25.3 Å². The fraction of sp³-hybridized carbons (Fsp3) is 0.304. The van der Waals surface area contributed by atoms with E-state index in [9.17, 15) is 34.8 Å². The van der Waals surface area contributed by atoms with Gasteiger partial charge < -0.3 is 4.57 Å². The summed E-state index contributed by atoms with van der Waals surface area (Å²) in [5.74, 6) is -0.710. The van der Waals surface area contributed by atoms with Crippen LogP contribution in [0.3, 0.4) is 0 Å². The first-order valence-corrected chi connectivity index (χ1v) is 11.9. The zero-order chi connectivity index (χ0) is 26.0. The second-order valence-electron chi connectivity index (χ2n) is 8.35. The zero-order valence-electron chi connectivity index (χ0n) is 18.1. The number of rotatable bonds is 4. The Hall–Kier alpha value is -2.86. The highest BCUT2D eigenvalue weighted by molar-refractivity contribution is 7.89. The Morgan fingerprint density at radius 1 is 0.886 bits per heavy atom. The molecule has 1 atom stereocenters. The molecule has 1 aliphatic rings. The minimum Gasteiger partial charge on any atom is -0.347 e. The number of hydrogen-bond donors (Lipinski definition) is 1. The monoisotopic (exact) mass is 520 g/mol. The largest absolute Gasteiger partial charge is 0.436 e. The molecule has 4 rings (SSSR count). The fourth-order valence-electron chi connectivity index (χ4n) is 4.78. The fourth-order valence-corrected chi connectivity index (χ4v) is 5.30. The number of halogens is 7. The van der Waals surface area contributed by atoms with Crippen molar-refractivity contribution in [3.63, 3.8) is 0 Å². The number of nitrogens with zero attached hydrogens (tertiary/aromatic N) is 1. The van der Waals surface area contributed by atoms with Gasteiger partial charge in [-0.15, -0.1) is 0 Å². The van der Waals surface area contributed by atoms with Crippen LogP contribution in [-0.2, 0) is 22.2 Å². The maximum atomic E-state index is 15.5. The molecule has 3 aromatic rings. The van der Waals surface area contributed by atoms with Gasteiger partial charge in [0.1, 0.15) is 0 Å². The van der Waals surface area contributed by atoms with Crippen LogP contribution in [0.4, 0.5) is 30.7 Å². The van der Waals surface area contributed by atoms with Gasteiger partial charge in [-0.1, -0.05) is 42.5 Å². The van der Waals surface area contributed by atoms with Crippen molar-refractivity contribution in [2.45, 2.75) is 48.7 Å². The van der Waals surface area contributed by atoms with Gasteiger partial charge in [0, 0.05) is 35.0 Å². The number of fused-ring (bicyclic) bond motifs is 1. The van der Waals surface area contributed by atoms with Gasteiger partial charge in [-0.05, 0) is 36.6 Å². The molecule has 1 aromatic heterocycles. The van der Waals surface area contributed by atoms with Crippen molar-refractivity contribution in [2.75, 3.05) is 0 Å². The summed E-state index contributed by atoms with van der Waals surface area (Å²) in [5.41, 5.74) is -7.48. The molecule has 0 fully saturated rings. The van der Waals surface area contributed by atoms with Crippen molar-refractivity contribution in [3.8, 4) is 11.1 Å². The van der Waals surface area contributed by atoms with E-state index in [-0.39, 0.29) is 22.7 Å². The maximum absolute atomic E-state index is 15.5. The zero-order valence-corrected chi connectivity index (χ0v) is 18.9. The molecular weight excluding hydrogens is 501 g/mol. The Bertz CT molecular complexity index is 1350. The van der Waals surface area contributed by atoms with E-state index in [0.717, 1.165) is 6.92 Å². The number of benzene rings is 2. The smallest absolute Gasteiger partial charge is 0.347 e. The summed E-state index contributed by atoms with van der Waals surface area (Å²) in [5, 5.41) is 5.10. The van der Waals surface area contributed by atoms with Crippen molar-refractivity contribution < 1.29 is 39.2 Å². The average molecular weight is 520 g/mol. The van der Waals surface area contributed by atoms with E-state index in [4.69, 9.17) is 5.14 Å². The minimum absolute atomic E-state index is 0.00271. The SMILES string of the molecule is Cc1c(C(F)(C(F)(F)F)C(F)(F)F)c(-c2ccccc2)c2n1CCC2c1ccc(S(N)(=O)=O)cc1. The normalized spacial score (nSPS) is 17.0. The lowest BCUT2D eigenvalue weighted by molar-refractivity contribution is -0.348. The number of aromatic nitrogens is 1. The third-order valence-corrected chi connectivity index (χ3v) is 7.26. The van der Waals surface area contributed by atoms with Gasteiger partial charge in [0.05, 0.1) is 4.90 Å². The number of sulfonamides is 1. The Labute approximate surface area is 196 Å². The lowest BCUT2D eigenvalue weighted by Crippen LogP contribution is -2.51. The van der Waals surface area contributed by atoms with Crippen molar-refractivity contribution in [1.82, 2.24) is 4.57 Å². The standard InChI is InChI=1S/C23H19F7N2O2S/c1-13-19(21(24,22(25,26)27)23(28,29)30)18(15-5-3-2-4-6-15)20-17(11-12-32(13)20)14-7-9-16(10-8-14)35(31,33)34/h2-10,17H,11-12H2,1H3,(H2,31,33,34). The topological polar surface area (TPSA) is 65.1 Å². The van der Waals surface area contributed by atoms with E-state index >= 15 is 4.39 Å². The van der Waals surface area contributed by atoms with Crippen molar-refractivity contribution in [1.29, 1.82) is 0 Å². The van der Waals surface area contributed by atoms with E-state index in [1.807, 2.05) is 0 Å². The molecule has 2 N–H and O–H groups in total. The molecule has 4 nitrogen and oxygen atoms in total. The summed E-state index contributed by atoms with van der Waals surface area (Å²) in [6.45, 7) is 1.10. The predicted octanol–water partition coefficient (Wildman–Crippen LogP) is 5.94. The molecule has 0 saturated carbocycles. The van der Waals surface area contributed by atoms with Crippen LogP contribution < -0.4 is 5.14 Å². The molecule has 0 saturated heterocycles. The van der Waals surface area contributed by atoms with Gasteiger partial charge in [-0.25, -0.2) is 17.9 Å². The van der Waals surface area contributed by atoms with E-state index in [1.54, 1.807) is 0 Å². The number of primary sulfonamides is 1. The van der Waals surface area contributed by atoms with Crippen LogP contribution in [0.15, 0.2) is 59.5 Å². The summed E-state index contributed by atoms with van der Waals surface area (Å²) in [4.78, 5) is -0.202. The van der Waals surface area contributed by atoms with E-state index in [0.29, 0.717) is 12.0 Å². The number of nitrogens with two attached hydrogens (primary N) is 1. The van der Waals surface area contributed by atoms with Crippen molar-refractivity contribution in [2.24, 2.45) is 5.14 Å². The lowest BCUT2D eigenvalue weighted by Gasteiger charge is -2.31. The Kier molecular flexibility index (Phi) is 5.83. The third-order valence-electron chi connectivity index (χ3n) is 6.33. The molecule has 1 aliphatic heterocycles. The highest BCUT2D eigenvalue weighted by Gasteiger charge is 2.75. The van der Waals surface area contributed by atoms with Gasteiger partial charge in [-0.2, -0.15) is 26.3 Å². The summed E-state index contributed by atoms with van der Waals surface area (Å²) in [6, 6.07) is 12.3. The van der Waals surface area contributed by atoms with Gasteiger partial charge in [-0.3, -0.25) is 0 Å². The summed E-state index contributed by atoms with van der Waals surface area (Å²) in [6.07, 6.45) is -12.2. The molecule has 0 bridgehead atoms. The maximum Gasteiger partial charge on any atom is 0.436 e. The summed E-state index contributed by atoms with van der Waals surface area (Å²) >= 11 is 0. The first-order valence-electron chi connectivity index (χ1n) is 10.3. The molecule has 35 heavy (non-hydrogen) atoms. The van der Waals surface area contributed by atoms with Crippen molar-refractivity contribution in [3.05, 3.63) is 77.1 Å². The number of alkyl halides is 7. The minimum atomic E-state index is -6.27. The van der Waals surface area contributed by atoms with E-state index < -0.39 is 50.8 Å². The molecule has 12 heteroatoms. The Balaban J connectivity index is 2.03. The van der Waals surface area contributed by atoms with Crippen LogP contribution in [0.1, 0.15) is 34.9 Å². The van der Waals surface area contributed by atoms with Gasteiger partial charge in [0.2, 0.25) is 10.0 Å². The number of hydrogen-bond acceptors (Lipinski definition) is 2. The Morgan fingerprint density at radius 2 is 1.43 bits per heavy atom. The molecular formula is C23H19F7N2O2S. The second-order valence-corrected chi connectivity index (χ2v) is 9.91. The van der Waals surface area contributed by atoms with E-state index in [1.165, 1.54) is 59.2 Å². The Morgan fingerprint density at radius 3 is 1.91 bits per heavy atom. The average Bonchev–Trinajstić information content (AvgIpc) is 3.31. The van der Waals surface area contributed by atoms with Crippen LogP contribution in [0.25, 0.3) is 11.1 Å². The summed E-state index contributed by atoms with van der Waals surface area (Å²) < 4.78 is 123. The predicted molar refractivity (Wildman–Crippen MR) is 114 cm³/mol. The van der Waals surface area contributed by atoms with Gasteiger partial charge in [0.25, 0.3) is 0 Å². The van der Waals surface area contributed by atoms with Crippen molar-refractivity contribution >= 4 is 10.0 Å². The molecule has 1 unspecified atom stereocenters. The highest BCUT2D eigenvalue weighted by Crippen LogP contribution is 2.59. The van der Waals surface area contributed by atoms with Gasteiger partial charge >= 0.3 is 18.0 Å². The second kappa shape index (κ2) is 8.09. The third kappa shape index (κ3) is 3.92. The first kappa shape index (κ1) is 25.2. The molecule has 188 valence electrons. The molecule has 0 radical (unpaired) electrons. The molecule has 0 spiro atoms. The van der Waals surface area contributed by atoms with Crippen LogP contribution in [0.2, 0.25) is 0 Å². The molecule has 0 aliphatic carbocycles. The van der Waals surface area contributed by atoms with E-state index in [2.05, 4.69) is 0 Å². The summed E-state index contributed by atoms with van der Waals surface area (Å²) in [7, 11) is -4.01. The van der Waals surface area contributed by atoms with Gasteiger partial charge in [0.15, 0.2) is 0 Å². The van der Waals surface area contributed by atoms with Crippen LogP contribution in [0, 0.1) is 6.92 Å². The molecule has 2 heterocycles. The molecule has 2 aromatic carbocycles. The molecule has 0 amide bonds. The van der Waals surface area contributed by atoms with Crippen LogP contribution >= 0.6 is 0 Å². The quantitative estimate of drug-likeness (QED) is 0.433. The first-order chi connectivity index (χ1) is 16.1.